The molecule has 2 rings (SSSR count). The minimum Gasteiger partial charge on any atom is -0.305 e. The van der Waals surface area contributed by atoms with Crippen molar-refractivity contribution in [3.8, 4) is 0 Å². The van der Waals surface area contributed by atoms with Crippen molar-refractivity contribution in [2.45, 2.75) is 39.7 Å². The fraction of sp³-hybridized carbons (Fsp3) is 0.467. The summed E-state index contributed by atoms with van der Waals surface area (Å²) in [6, 6.07) is 7.16. The summed E-state index contributed by atoms with van der Waals surface area (Å²) in [4.78, 5) is 4.39. The maximum absolute atomic E-state index is 3.69. The predicted octanol–water partition coefficient (Wildman–Crippen LogP) is 4.77. The first-order valence-electron chi connectivity index (χ1n) is 6.62. The van der Waals surface area contributed by atoms with Gasteiger partial charge in [0, 0.05) is 14.6 Å². The Labute approximate surface area is 118 Å². The van der Waals surface area contributed by atoms with E-state index in [9.17, 15) is 0 Å². The van der Waals surface area contributed by atoms with Crippen LogP contribution in [0.1, 0.15) is 46.5 Å². The van der Waals surface area contributed by atoms with Crippen LogP contribution in [0.5, 0.6) is 0 Å². The standard InChI is InChI=1S/C15H21NS2/c1-4-9-16-14(15-11(3)8-10-17-15)13-7-6-12(5-2)18-13/h6-8,10,14,16H,4-5,9H2,1-3H3. The summed E-state index contributed by atoms with van der Waals surface area (Å²) in [5, 5.41) is 5.88. The van der Waals surface area contributed by atoms with Gasteiger partial charge in [-0.15, -0.1) is 22.7 Å². The molecule has 0 bridgehead atoms. The molecule has 0 aliphatic rings. The summed E-state index contributed by atoms with van der Waals surface area (Å²) in [6.45, 7) is 7.72. The maximum atomic E-state index is 3.69. The first kappa shape index (κ1) is 13.8. The van der Waals surface area contributed by atoms with Crippen LogP contribution in [0.2, 0.25) is 0 Å². The Bertz CT molecular complexity index is 484. The Hall–Kier alpha value is -0.640. The van der Waals surface area contributed by atoms with Crippen LogP contribution in [0.15, 0.2) is 23.6 Å². The van der Waals surface area contributed by atoms with Gasteiger partial charge in [-0.2, -0.15) is 0 Å². The van der Waals surface area contributed by atoms with E-state index >= 15 is 0 Å². The van der Waals surface area contributed by atoms with Crippen molar-refractivity contribution < 1.29 is 0 Å². The summed E-state index contributed by atoms with van der Waals surface area (Å²) < 4.78 is 0. The van der Waals surface area contributed by atoms with Crippen molar-refractivity contribution in [2.75, 3.05) is 6.54 Å². The Morgan fingerprint density at radius 3 is 2.61 bits per heavy atom. The molecule has 0 saturated heterocycles. The highest BCUT2D eigenvalue weighted by Crippen LogP contribution is 2.33. The van der Waals surface area contributed by atoms with Crippen molar-refractivity contribution in [3.05, 3.63) is 43.8 Å². The molecule has 0 radical (unpaired) electrons. The third-order valence-corrected chi connectivity index (χ3v) is 5.46. The lowest BCUT2D eigenvalue weighted by Crippen LogP contribution is -2.22. The van der Waals surface area contributed by atoms with Crippen molar-refractivity contribution in [2.24, 2.45) is 0 Å². The zero-order valence-electron chi connectivity index (χ0n) is 11.3. The van der Waals surface area contributed by atoms with Crippen LogP contribution in [0, 0.1) is 6.92 Å². The molecular weight excluding hydrogens is 258 g/mol. The maximum Gasteiger partial charge on any atom is 0.0767 e. The van der Waals surface area contributed by atoms with Crippen molar-refractivity contribution in [1.29, 1.82) is 0 Å². The van der Waals surface area contributed by atoms with Gasteiger partial charge in [-0.1, -0.05) is 13.8 Å². The molecule has 18 heavy (non-hydrogen) atoms. The van der Waals surface area contributed by atoms with Crippen molar-refractivity contribution in [3.63, 3.8) is 0 Å². The highest BCUT2D eigenvalue weighted by molar-refractivity contribution is 7.13. The van der Waals surface area contributed by atoms with Crippen LogP contribution in [0.4, 0.5) is 0 Å². The molecule has 0 amide bonds. The van der Waals surface area contributed by atoms with Crippen LogP contribution in [0.25, 0.3) is 0 Å². The third kappa shape index (κ3) is 3.02. The summed E-state index contributed by atoms with van der Waals surface area (Å²) in [5.74, 6) is 0. The largest absolute Gasteiger partial charge is 0.305 e. The van der Waals surface area contributed by atoms with Gasteiger partial charge < -0.3 is 5.32 Å². The van der Waals surface area contributed by atoms with Gasteiger partial charge in [0.15, 0.2) is 0 Å². The van der Waals surface area contributed by atoms with Crippen LogP contribution < -0.4 is 5.32 Å². The summed E-state index contributed by atoms with van der Waals surface area (Å²) >= 11 is 3.81. The second kappa shape index (κ2) is 6.50. The van der Waals surface area contributed by atoms with Gasteiger partial charge in [-0.3, -0.25) is 0 Å². The van der Waals surface area contributed by atoms with E-state index in [4.69, 9.17) is 0 Å². The molecule has 3 heteroatoms. The SMILES string of the molecule is CCCNC(c1ccc(CC)s1)c1sccc1C. The Morgan fingerprint density at radius 2 is 2.06 bits per heavy atom. The van der Waals surface area contributed by atoms with Gasteiger partial charge >= 0.3 is 0 Å². The monoisotopic (exact) mass is 279 g/mol. The summed E-state index contributed by atoms with van der Waals surface area (Å²) in [5.41, 5.74) is 1.40. The molecule has 1 N–H and O–H groups in total. The Morgan fingerprint density at radius 1 is 1.22 bits per heavy atom. The zero-order chi connectivity index (χ0) is 13.0. The van der Waals surface area contributed by atoms with Gasteiger partial charge in [0.05, 0.1) is 6.04 Å². The minimum absolute atomic E-state index is 0.384. The van der Waals surface area contributed by atoms with E-state index in [-0.39, 0.29) is 0 Å². The van der Waals surface area contributed by atoms with Crippen molar-refractivity contribution >= 4 is 22.7 Å². The highest BCUT2D eigenvalue weighted by atomic mass is 32.1. The molecule has 0 aliphatic heterocycles. The van der Waals surface area contributed by atoms with Gasteiger partial charge in [-0.25, -0.2) is 0 Å². The molecule has 98 valence electrons. The van der Waals surface area contributed by atoms with Crippen LogP contribution in [-0.4, -0.2) is 6.54 Å². The van der Waals surface area contributed by atoms with Gasteiger partial charge in [0.2, 0.25) is 0 Å². The Kier molecular flexibility index (Phi) is 4.98. The number of thiophene rings is 2. The third-order valence-electron chi connectivity index (χ3n) is 3.08. The fourth-order valence-electron chi connectivity index (χ4n) is 2.03. The van der Waals surface area contributed by atoms with Crippen LogP contribution >= 0.6 is 22.7 Å². The number of aryl methyl sites for hydroxylation is 2. The number of rotatable bonds is 6. The van der Waals surface area contributed by atoms with E-state index in [1.165, 1.54) is 26.6 Å². The number of hydrogen-bond donors (Lipinski definition) is 1. The quantitative estimate of drug-likeness (QED) is 0.803. The topological polar surface area (TPSA) is 12.0 Å². The molecule has 1 unspecified atom stereocenters. The van der Waals surface area contributed by atoms with E-state index < -0.39 is 0 Å². The van der Waals surface area contributed by atoms with E-state index in [1.807, 2.05) is 22.7 Å². The molecule has 2 heterocycles. The summed E-state index contributed by atoms with van der Waals surface area (Å²) in [6.07, 6.45) is 2.31. The fourth-order valence-corrected chi connectivity index (χ4v) is 4.16. The number of hydrogen-bond acceptors (Lipinski definition) is 3. The van der Waals surface area contributed by atoms with E-state index in [0.717, 1.165) is 13.0 Å². The average molecular weight is 279 g/mol. The lowest BCUT2D eigenvalue weighted by molar-refractivity contribution is 0.611. The second-order valence-electron chi connectivity index (χ2n) is 4.51. The average Bonchev–Trinajstić information content (AvgIpc) is 3.00. The summed E-state index contributed by atoms with van der Waals surface area (Å²) in [7, 11) is 0. The molecule has 0 spiro atoms. The highest BCUT2D eigenvalue weighted by Gasteiger charge is 2.18. The first-order valence-corrected chi connectivity index (χ1v) is 8.31. The molecule has 0 aliphatic carbocycles. The molecular formula is C15H21NS2. The van der Waals surface area contributed by atoms with E-state index in [1.54, 1.807) is 0 Å². The predicted molar refractivity (Wildman–Crippen MR) is 82.9 cm³/mol. The molecule has 2 aromatic rings. The number of nitrogens with one attached hydrogen (secondary N) is 1. The lowest BCUT2D eigenvalue weighted by Gasteiger charge is -2.17. The van der Waals surface area contributed by atoms with Crippen LogP contribution in [0.3, 0.4) is 0 Å². The lowest BCUT2D eigenvalue weighted by atomic mass is 10.1. The van der Waals surface area contributed by atoms with Gasteiger partial charge in [-0.05, 0) is 55.5 Å². The molecule has 2 aromatic heterocycles. The molecule has 0 fully saturated rings. The van der Waals surface area contributed by atoms with E-state index in [2.05, 4.69) is 49.7 Å². The molecule has 0 saturated carbocycles. The van der Waals surface area contributed by atoms with Crippen molar-refractivity contribution in [1.82, 2.24) is 5.32 Å². The van der Waals surface area contributed by atoms with Gasteiger partial charge in [0.25, 0.3) is 0 Å². The second-order valence-corrected chi connectivity index (χ2v) is 6.66. The Balaban J connectivity index is 2.27. The molecule has 1 atom stereocenters. The smallest absolute Gasteiger partial charge is 0.0767 e. The molecule has 1 nitrogen and oxygen atoms in total. The van der Waals surface area contributed by atoms with Crippen LogP contribution in [-0.2, 0) is 6.42 Å². The molecule has 0 aromatic carbocycles. The normalized spacial score (nSPS) is 12.8. The zero-order valence-corrected chi connectivity index (χ0v) is 13.0. The van der Waals surface area contributed by atoms with Gasteiger partial charge in [0.1, 0.15) is 0 Å². The van der Waals surface area contributed by atoms with E-state index in [0.29, 0.717) is 6.04 Å². The first-order chi connectivity index (χ1) is 8.76. The minimum atomic E-state index is 0.384.